The Balaban J connectivity index is 1.81. The second-order valence-corrected chi connectivity index (χ2v) is 6.16. The Bertz CT molecular complexity index is 773. The molecule has 1 saturated heterocycles. The molecule has 1 aliphatic rings. The van der Waals surface area contributed by atoms with E-state index in [9.17, 15) is 9.59 Å². The van der Waals surface area contributed by atoms with Gasteiger partial charge >= 0.3 is 11.4 Å². The molecule has 0 aliphatic carbocycles. The number of nitrogens with one attached hydrogen (secondary N) is 2. The van der Waals surface area contributed by atoms with Gasteiger partial charge in [-0.25, -0.2) is 14.2 Å². The van der Waals surface area contributed by atoms with Gasteiger partial charge in [0, 0.05) is 19.3 Å². The first-order valence-corrected chi connectivity index (χ1v) is 8.18. The first-order valence-electron chi connectivity index (χ1n) is 8.18. The van der Waals surface area contributed by atoms with E-state index in [1.165, 1.54) is 10.1 Å². The number of aromatic amines is 1. The van der Waals surface area contributed by atoms with Crippen molar-refractivity contribution in [1.29, 1.82) is 0 Å². The van der Waals surface area contributed by atoms with Crippen LogP contribution in [0.2, 0.25) is 0 Å². The summed E-state index contributed by atoms with van der Waals surface area (Å²) in [6.45, 7) is 5.09. The van der Waals surface area contributed by atoms with E-state index in [4.69, 9.17) is 4.74 Å². The summed E-state index contributed by atoms with van der Waals surface area (Å²) >= 11 is 0. The number of aryl methyl sites for hydroxylation is 1. The van der Waals surface area contributed by atoms with Crippen LogP contribution in [0, 0.1) is 6.92 Å². The minimum absolute atomic E-state index is 0.0768. The van der Waals surface area contributed by atoms with Crippen molar-refractivity contribution in [2.24, 2.45) is 0 Å². The van der Waals surface area contributed by atoms with Gasteiger partial charge in [0.15, 0.2) is 0 Å². The lowest BCUT2D eigenvalue weighted by Gasteiger charge is -2.23. The Kier molecular flexibility index (Phi) is 4.80. The topological polar surface area (TPSA) is 89.0 Å². The molecule has 1 aromatic heterocycles. The molecule has 128 valence electrons. The number of aromatic nitrogens is 3. The summed E-state index contributed by atoms with van der Waals surface area (Å²) in [6.07, 6.45) is 1.30. The number of rotatable bonds is 4. The molecule has 2 aromatic rings. The van der Waals surface area contributed by atoms with E-state index in [0.717, 1.165) is 5.56 Å². The fourth-order valence-electron chi connectivity index (χ4n) is 2.90. The van der Waals surface area contributed by atoms with Crippen molar-refractivity contribution < 1.29 is 4.74 Å². The second kappa shape index (κ2) is 7.00. The Hall–Kier alpha value is -2.41. The monoisotopic (exact) mass is 330 g/mol. The number of nitrogens with zero attached hydrogens (tertiary/aromatic N) is 2. The molecule has 0 amide bonds. The van der Waals surface area contributed by atoms with Crippen LogP contribution in [0.3, 0.4) is 0 Å². The highest BCUT2D eigenvalue weighted by atomic mass is 16.5. The molecule has 1 unspecified atom stereocenters. The van der Waals surface area contributed by atoms with Gasteiger partial charge in [0.05, 0.1) is 6.04 Å². The lowest BCUT2D eigenvalue weighted by molar-refractivity contribution is 0.0670. The first kappa shape index (κ1) is 16.4. The average molecular weight is 330 g/mol. The zero-order valence-electron chi connectivity index (χ0n) is 13.9. The quantitative estimate of drug-likeness (QED) is 0.892. The Morgan fingerprint density at radius 2 is 1.92 bits per heavy atom. The summed E-state index contributed by atoms with van der Waals surface area (Å²) in [5.74, 6) is 0.196. The number of ether oxygens (including phenoxy) is 1. The maximum absolute atomic E-state index is 12.3. The van der Waals surface area contributed by atoms with E-state index >= 15 is 0 Å². The predicted molar refractivity (Wildman–Crippen MR) is 91.4 cm³/mol. The largest absolute Gasteiger partial charge is 0.381 e. The Labute approximate surface area is 139 Å². The van der Waals surface area contributed by atoms with Gasteiger partial charge in [-0.2, -0.15) is 4.98 Å². The van der Waals surface area contributed by atoms with E-state index in [1.54, 1.807) is 0 Å². The smallest absolute Gasteiger partial charge is 0.355 e. The second-order valence-electron chi connectivity index (χ2n) is 6.16. The van der Waals surface area contributed by atoms with Gasteiger partial charge in [-0.05, 0) is 32.3 Å². The predicted octanol–water partition coefficient (Wildman–Crippen LogP) is 1.76. The summed E-state index contributed by atoms with van der Waals surface area (Å²) in [5, 5.41) is 3.08. The van der Waals surface area contributed by atoms with Crippen molar-refractivity contribution in [3.8, 4) is 0 Å². The summed E-state index contributed by atoms with van der Waals surface area (Å²) in [4.78, 5) is 31.2. The molecule has 3 rings (SSSR count). The molecule has 0 spiro atoms. The van der Waals surface area contributed by atoms with Gasteiger partial charge in [-0.3, -0.25) is 4.98 Å². The normalized spacial score (nSPS) is 16.8. The zero-order chi connectivity index (χ0) is 17.1. The standard InChI is InChI=1S/C17H22N4O3/c1-11-3-5-13(6-4-11)12(2)18-15-19-16(22)21(17(23)20-15)14-7-9-24-10-8-14/h3-6,12,14H,7-10H2,1-2H3,(H2,18,19,20,22,23). The van der Waals surface area contributed by atoms with Crippen molar-refractivity contribution >= 4 is 5.95 Å². The number of benzene rings is 1. The van der Waals surface area contributed by atoms with Gasteiger partial charge in [-0.15, -0.1) is 0 Å². The Morgan fingerprint density at radius 3 is 2.54 bits per heavy atom. The van der Waals surface area contributed by atoms with E-state index in [1.807, 2.05) is 38.1 Å². The molecular weight excluding hydrogens is 308 g/mol. The van der Waals surface area contributed by atoms with Gasteiger partial charge < -0.3 is 10.1 Å². The summed E-state index contributed by atoms with van der Waals surface area (Å²) in [5.41, 5.74) is 1.28. The molecule has 0 bridgehead atoms. The lowest BCUT2D eigenvalue weighted by Crippen LogP contribution is -2.42. The SMILES string of the molecule is Cc1ccc(C(C)Nc2nc(=O)n(C3CCOCC3)c(=O)[nH]2)cc1. The van der Waals surface area contributed by atoms with Crippen LogP contribution in [0.5, 0.6) is 0 Å². The molecule has 24 heavy (non-hydrogen) atoms. The molecule has 0 saturated carbocycles. The van der Waals surface area contributed by atoms with Crippen LogP contribution in [0.25, 0.3) is 0 Å². The molecule has 2 N–H and O–H groups in total. The van der Waals surface area contributed by atoms with E-state index in [-0.39, 0.29) is 18.0 Å². The van der Waals surface area contributed by atoms with Crippen LogP contribution < -0.4 is 16.7 Å². The fraction of sp³-hybridized carbons (Fsp3) is 0.471. The van der Waals surface area contributed by atoms with Crippen LogP contribution >= 0.6 is 0 Å². The van der Waals surface area contributed by atoms with Crippen molar-refractivity contribution in [1.82, 2.24) is 14.5 Å². The van der Waals surface area contributed by atoms with Gasteiger partial charge in [-0.1, -0.05) is 29.8 Å². The third-order valence-electron chi connectivity index (χ3n) is 4.34. The summed E-state index contributed by atoms with van der Waals surface area (Å²) in [7, 11) is 0. The first-order chi connectivity index (χ1) is 11.5. The molecular formula is C17H22N4O3. The van der Waals surface area contributed by atoms with Gasteiger partial charge in [0.1, 0.15) is 0 Å². The average Bonchev–Trinajstić information content (AvgIpc) is 2.55. The van der Waals surface area contributed by atoms with Crippen molar-refractivity contribution in [3.63, 3.8) is 0 Å². The molecule has 7 heteroatoms. The highest BCUT2D eigenvalue weighted by molar-refractivity contribution is 5.31. The van der Waals surface area contributed by atoms with Crippen molar-refractivity contribution in [2.75, 3.05) is 18.5 Å². The van der Waals surface area contributed by atoms with Crippen molar-refractivity contribution in [3.05, 3.63) is 56.4 Å². The van der Waals surface area contributed by atoms with E-state index < -0.39 is 11.4 Å². The third kappa shape index (κ3) is 3.56. The van der Waals surface area contributed by atoms with Gasteiger partial charge in [0.25, 0.3) is 0 Å². The maximum atomic E-state index is 12.3. The molecule has 1 aliphatic heterocycles. The molecule has 1 atom stereocenters. The number of anilines is 1. The van der Waals surface area contributed by atoms with Crippen LogP contribution in [0.1, 0.15) is 43.0 Å². The highest BCUT2D eigenvalue weighted by Crippen LogP contribution is 2.18. The number of H-pyrrole nitrogens is 1. The molecule has 0 radical (unpaired) electrons. The van der Waals surface area contributed by atoms with Gasteiger partial charge in [0.2, 0.25) is 5.95 Å². The van der Waals surface area contributed by atoms with Crippen LogP contribution in [0.15, 0.2) is 33.9 Å². The maximum Gasteiger partial charge on any atom is 0.355 e. The lowest BCUT2D eigenvalue weighted by atomic mass is 10.1. The molecule has 1 aromatic carbocycles. The van der Waals surface area contributed by atoms with Crippen molar-refractivity contribution in [2.45, 2.75) is 38.8 Å². The van der Waals surface area contributed by atoms with E-state index in [2.05, 4.69) is 15.3 Å². The number of hydrogen-bond acceptors (Lipinski definition) is 5. The number of hydrogen-bond donors (Lipinski definition) is 2. The molecule has 7 nitrogen and oxygen atoms in total. The van der Waals surface area contributed by atoms with Crippen LogP contribution in [-0.2, 0) is 4.74 Å². The van der Waals surface area contributed by atoms with Crippen LogP contribution in [-0.4, -0.2) is 27.7 Å². The van der Waals surface area contributed by atoms with E-state index in [0.29, 0.717) is 26.1 Å². The minimum Gasteiger partial charge on any atom is -0.381 e. The third-order valence-corrected chi connectivity index (χ3v) is 4.34. The fourth-order valence-corrected chi connectivity index (χ4v) is 2.90. The summed E-state index contributed by atoms with van der Waals surface area (Å²) < 4.78 is 6.47. The highest BCUT2D eigenvalue weighted by Gasteiger charge is 2.20. The van der Waals surface area contributed by atoms with Crippen LogP contribution in [0.4, 0.5) is 5.95 Å². The Morgan fingerprint density at radius 1 is 1.25 bits per heavy atom. The molecule has 1 fully saturated rings. The summed E-state index contributed by atoms with van der Waals surface area (Å²) in [6, 6.07) is 7.83. The molecule has 2 heterocycles. The minimum atomic E-state index is -0.524. The zero-order valence-corrected chi connectivity index (χ0v) is 13.9.